The topological polar surface area (TPSA) is 72.5 Å². The maximum Gasteiger partial charge on any atom is 0.268 e. The fourth-order valence-corrected chi connectivity index (χ4v) is 3.77. The molecule has 2 heterocycles. The van der Waals surface area contributed by atoms with Gasteiger partial charge in [0.05, 0.1) is 5.69 Å². The van der Waals surface area contributed by atoms with Crippen LogP contribution in [0.2, 0.25) is 0 Å². The molecule has 0 saturated heterocycles. The van der Waals surface area contributed by atoms with Crippen LogP contribution in [0.3, 0.4) is 0 Å². The zero-order chi connectivity index (χ0) is 18.8. The molecule has 0 spiro atoms. The average molecular weight is 381 g/mol. The summed E-state index contributed by atoms with van der Waals surface area (Å²) >= 11 is 1.35. The van der Waals surface area contributed by atoms with Crippen LogP contribution < -0.4 is 20.1 Å². The highest BCUT2D eigenvalue weighted by atomic mass is 32.1. The van der Waals surface area contributed by atoms with Crippen molar-refractivity contribution in [1.29, 1.82) is 0 Å². The fraction of sp³-hybridized carbons (Fsp3) is 0.200. The van der Waals surface area contributed by atoms with Crippen molar-refractivity contribution >= 4 is 28.1 Å². The quantitative estimate of drug-likeness (QED) is 0.675. The Bertz CT molecular complexity index is 970. The van der Waals surface area contributed by atoms with Gasteiger partial charge in [-0.1, -0.05) is 41.7 Å². The van der Waals surface area contributed by atoms with Gasteiger partial charge in [-0.25, -0.2) is 4.98 Å². The molecule has 2 N–H and O–H groups in total. The molecule has 0 saturated carbocycles. The third-order valence-electron chi connectivity index (χ3n) is 3.92. The second kappa shape index (κ2) is 7.28. The molecule has 27 heavy (non-hydrogen) atoms. The first-order valence-corrected chi connectivity index (χ1v) is 9.45. The molecule has 0 fully saturated rings. The fourth-order valence-electron chi connectivity index (χ4n) is 2.74. The first kappa shape index (κ1) is 17.4. The van der Waals surface area contributed by atoms with Crippen molar-refractivity contribution in [3.05, 3.63) is 53.4 Å². The van der Waals surface area contributed by atoms with E-state index in [9.17, 15) is 4.79 Å². The first-order valence-electron chi connectivity index (χ1n) is 8.64. The Hall–Kier alpha value is -3.06. The van der Waals surface area contributed by atoms with E-state index in [0.717, 1.165) is 10.7 Å². The Morgan fingerprint density at radius 2 is 1.89 bits per heavy atom. The standard InChI is InChI=1S/C20H19N3O3S/c1-12(2)21-20-23-17(13-6-4-3-5-7-13)18(27-20)19(24)22-14-8-9-15-16(10-14)26-11-25-15/h3-10,12H,11H2,1-2H3,(H,21,23)(H,22,24). The van der Waals surface area contributed by atoms with E-state index < -0.39 is 0 Å². The van der Waals surface area contributed by atoms with Crippen LogP contribution in [0.15, 0.2) is 48.5 Å². The lowest BCUT2D eigenvalue weighted by atomic mass is 10.1. The summed E-state index contributed by atoms with van der Waals surface area (Å²) in [5.41, 5.74) is 2.22. The van der Waals surface area contributed by atoms with Crippen molar-refractivity contribution in [1.82, 2.24) is 4.98 Å². The Kier molecular flexibility index (Phi) is 4.68. The number of amides is 1. The Balaban J connectivity index is 1.65. The summed E-state index contributed by atoms with van der Waals surface area (Å²) in [4.78, 5) is 18.2. The van der Waals surface area contributed by atoms with Gasteiger partial charge in [-0.2, -0.15) is 0 Å². The molecule has 1 aliphatic heterocycles. The molecule has 1 aromatic heterocycles. The summed E-state index contributed by atoms with van der Waals surface area (Å²) in [5, 5.41) is 6.93. The van der Waals surface area contributed by atoms with E-state index in [2.05, 4.69) is 15.6 Å². The zero-order valence-corrected chi connectivity index (χ0v) is 15.8. The number of anilines is 2. The van der Waals surface area contributed by atoms with Crippen LogP contribution in [0.25, 0.3) is 11.3 Å². The number of thiazole rings is 1. The summed E-state index contributed by atoms with van der Waals surface area (Å²) in [6.45, 7) is 4.27. The lowest BCUT2D eigenvalue weighted by Crippen LogP contribution is -2.11. The predicted molar refractivity (Wildman–Crippen MR) is 107 cm³/mol. The van der Waals surface area contributed by atoms with Gasteiger partial charge in [-0.05, 0) is 26.0 Å². The molecule has 6 nitrogen and oxygen atoms in total. The molecule has 2 aromatic carbocycles. The second-order valence-corrected chi connectivity index (χ2v) is 7.38. The number of carbonyl (C=O) groups is 1. The zero-order valence-electron chi connectivity index (χ0n) is 15.0. The van der Waals surface area contributed by atoms with E-state index in [1.807, 2.05) is 44.2 Å². The summed E-state index contributed by atoms with van der Waals surface area (Å²) in [6.07, 6.45) is 0. The van der Waals surface area contributed by atoms with Crippen LogP contribution in [0.1, 0.15) is 23.5 Å². The molecular weight excluding hydrogens is 362 g/mol. The van der Waals surface area contributed by atoms with Gasteiger partial charge in [0.15, 0.2) is 16.6 Å². The molecule has 3 aromatic rings. The summed E-state index contributed by atoms with van der Waals surface area (Å²) in [5.74, 6) is 1.10. The van der Waals surface area contributed by atoms with Gasteiger partial charge in [0.2, 0.25) is 6.79 Å². The Labute approximate surface area is 161 Å². The number of carbonyl (C=O) groups excluding carboxylic acids is 1. The minimum absolute atomic E-state index is 0.198. The smallest absolute Gasteiger partial charge is 0.268 e. The summed E-state index contributed by atoms with van der Waals surface area (Å²) < 4.78 is 10.7. The number of hydrogen-bond donors (Lipinski definition) is 2. The van der Waals surface area contributed by atoms with Gasteiger partial charge in [0.1, 0.15) is 4.88 Å². The molecular formula is C20H19N3O3S. The van der Waals surface area contributed by atoms with Crippen LogP contribution in [0.5, 0.6) is 11.5 Å². The van der Waals surface area contributed by atoms with E-state index in [-0.39, 0.29) is 18.7 Å². The molecule has 4 rings (SSSR count). The van der Waals surface area contributed by atoms with Crippen LogP contribution in [0, 0.1) is 0 Å². The Morgan fingerprint density at radius 1 is 1.11 bits per heavy atom. The minimum Gasteiger partial charge on any atom is -0.454 e. The van der Waals surface area contributed by atoms with E-state index in [1.165, 1.54) is 11.3 Å². The highest BCUT2D eigenvalue weighted by Gasteiger charge is 2.21. The number of hydrogen-bond acceptors (Lipinski definition) is 6. The molecule has 0 bridgehead atoms. The molecule has 0 aliphatic carbocycles. The van der Waals surface area contributed by atoms with Crippen molar-refractivity contribution in [2.24, 2.45) is 0 Å². The van der Waals surface area contributed by atoms with Gasteiger partial charge < -0.3 is 20.1 Å². The maximum absolute atomic E-state index is 13.0. The lowest BCUT2D eigenvalue weighted by Gasteiger charge is -2.06. The van der Waals surface area contributed by atoms with Crippen LogP contribution >= 0.6 is 11.3 Å². The van der Waals surface area contributed by atoms with E-state index in [4.69, 9.17) is 9.47 Å². The van der Waals surface area contributed by atoms with Gasteiger partial charge in [0, 0.05) is 23.4 Å². The normalized spacial score (nSPS) is 12.3. The second-order valence-electron chi connectivity index (χ2n) is 6.38. The third kappa shape index (κ3) is 3.73. The lowest BCUT2D eigenvalue weighted by molar-refractivity contribution is 0.103. The molecule has 0 radical (unpaired) electrons. The van der Waals surface area contributed by atoms with Crippen molar-refractivity contribution in [3.63, 3.8) is 0 Å². The number of benzene rings is 2. The molecule has 138 valence electrons. The predicted octanol–water partition coefficient (Wildman–Crippen LogP) is 4.61. The molecule has 0 atom stereocenters. The monoisotopic (exact) mass is 381 g/mol. The number of ether oxygens (including phenoxy) is 2. The first-order chi connectivity index (χ1) is 13.1. The summed E-state index contributed by atoms with van der Waals surface area (Å²) in [6, 6.07) is 15.3. The largest absolute Gasteiger partial charge is 0.454 e. The number of nitrogens with zero attached hydrogens (tertiary/aromatic N) is 1. The average Bonchev–Trinajstić information content (AvgIpc) is 3.28. The molecule has 1 amide bonds. The van der Waals surface area contributed by atoms with Gasteiger partial charge >= 0.3 is 0 Å². The molecule has 0 unspecified atom stereocenters. The number of fused-ring (bicyclic) bond motifs is 1. The molecule has 1 aliphatic rings. The van der Waals surface area contributed by atoms with Crippen molar-refractivity contribution in [2.75, 3.05) is 17.4 Å². The third-order valence-corrected chi connectivity index (χ3v) is 4.91. The maximum atomic E-state index is 13.0. The van der Waals surface area contributed by atoms with Crippen molar-refractivity contribution in [2.45, 2.75) is 19.9 Å². The van der Waals surface area contributed by atoms with Crippen LogP contribution in [0.4, 0.5) is 10.8 Å². The minimum atomic E-state index is -0.206. The van der Waals surface area contributed by atoms with E-state index >= 15 is 0 Å². The van der Waals surface area contributed by atoms with Gasteiger partial charge in [0.25, 0.3) is 5.91 Å². The van der Waals surface area contributed by atoms with E-state index in [0.29, 0.717) is 27.8 Å². The number of rotatable bonds is 5. The van der Waals surface area contributed by atoms with Crippen LogP contribution in [-0.2, 0) is 0 Å². The summed E-state index contributed by atoms with van der Waals surface area (Å²) in [7, 11) is 0. The number of aromatic nitrogens is 1. The van der Waals surface area contributed by atoms with Gasteiger partial charge in [-0.3, -0.25) is 4.79 Å². The van der Waals surface area contributed by atoms with Crippen LogP contribution in [-0.4, -0.2) is 23.7 Å². The van der Waals surface area contributed by atoms with E-state index in [1.54, 1.807) is 18.2 Å². The Morgan fingerprint density at radius 3 is 2.67 bits per heavy atom. The highest BCUT2D eigenvalue weighted by Crippen LogP contribution is 2.36. The van der Waals surface area contributed by atoms with Gasteiger partial charge in [-0.15, -0.1) is 0 Å². The van der Waals surface area contributed by atoms with Crippen molar-refractivity contribution < 1.29 is 14.3 Å². The SMILES string of the molecule is CC(C)Nc1nc(-c2ccccc2)c(C(=O)Nc2ccc3c(c2)OCO3)s1. The number of nitrogens with one attached hydrogen (secondary N) is 2. The van der Waals surface area contributed by atoms with Crippen molar-refractivity contribution in [3.8, 4) is 22.8 Å². The highest BCUT2D eigenvalue weighted by molar-refractivity contribution is 7.18. The molecule has 7 heteroatoms.